The lowest BCUT2D eigenvalue weighted by Crippen LogP contribution is -2.49. The number of carbonyl (C=O) groups excluding carboxylic acids is 1. The van der Waals surface area contributed by atoms with Crippen LogP contribution in [0.2, 0.25) is 0 Å². The minimum absolute atomic E-state index is 0.0162. The fourth-order valence-corrected chi connectivity index (χ4v) is 3.36. The number of rotatable bonds is 6. The molecule has 1 N–H and O–H groups in total. The van der Waals surface area contributed by atoms with Crippen LogP contribution in [-0.4, -0.2) is 81.6 Å². The molecule has 2 fully saturated rings. The molecule has 3 rings (SSSR count). The number of amides is 2. The molecule has 2 aliphatic heterocycles. The maximum absolute atomic E-state index is 12.5. The van der Waals surface area contributed by atoms with Gasteiger partial charge in [0.15, 0.2) is 0 Å². The molecule has 1 unspecified atom stereocenters. The standard InChI is InChI=1S/C19H29N3O4/c1-2-26-17-5-3-16(4-6-17)18(21-7-11-24-12-8-21)15-20-19(23)22-9-13-25-14-10-22/h3-6,18H,2,7-15H2,1H3,(H,20,23). The highest BCUT2D eigenvalue weighted by molar-refractivity contribution is 5.74. The first-order valence-electron chi connectivity index (χ1n) is 9.43. The molecule has 0 aliphatic carbocycles. The Labute approximate surface area is 155 Å². The van der Waals surface area contributed by atoms with Crippen LogP contribution in [0.15, 0.2) is 24.3 Å². The molecule has 2 saturated heterocycles. The second-order valence-electron chi connectivity index (χ2n) is 6.45. The summed E-state index contributed by atoms with van der Waals surface area (Å²) in [6, 6.07) is 8.28. The van der Waals surface area contributed by atoms with Crippen LogP contribution in [0.1, 0.15) is 18.5 Å². The molecule has 0 spiro atoms. The quantitative estimate of drug-likeness (QED) is 0.830. The number of hydrogen-bond donors (Lipinski definition) is 1. The smallest absolute Gasteiger partial charge is 0.317 e. The van der Waals surface area contributed by atoms with Crippen molar-refractivity contribution in [2.45, 2.75) is 13.0 Å². The third-order valence-electron chi connectivity index (χ3n) is 4.81. The van der Waals surface area contributed by atoms with Crippen LogP contribution in [-0.2, 0) is 9.47 Å². The van der Waals surface area contributed by atoms with E-state index in [0.717, 1.165) is 32.1 Å². The molecule has 0 radical (unpaired) electrons. The highest BCUT2D eigenvalue weighted by Crippen LogP contribution is 2.24. The van der Waals surface area contributed by atoms with E-state index >= 15 is 0 Å². The number of morpholine rings is 2. The summed E-state index contributed by atoms with van der Waals surface area (Å²) in [5.74, 6) is 0.870. The number of hydrogen-bond acceptors (Lipinski definition) is 5. The summed E-state index contributed by atoms with van der Waals surface area (Å²) in [5, 5.41) is 3.11. The third kappa shape index (κ3) is 5.09. The SMILES string of the molecule is CCOc1ccc(C(CNC(=O)N2CCOCC2)N2CCOCC2)cc1. The Hall–Kier alpha value is -1.83. The van der Waals surface area contributed by atoms with Crippen molar-refractivity contribution in [3.8, 4) is 5.75 Å². The summed E-state index contributed by atoms with van der Waals surface area (Å²) in [5.41, 5.74) is 1.18. The molecule has 0 bridgehead atoms. The normalized spacial score (nSPS) is 19.8. The van der Waals surface area contributed by atoms with Gasteiger partial charge in [0.2, 0.25) is 0 Å². The van der Waals surface area contributed by atoms with Gasteiger partial charge >= 0.3 is 6.03 Å². The van der Waals surface area contributed by atoms with Gasteiger partial charge in [0.1, 0.15) is 5.75 Å². The van der Waals surface area contributed by atoms with Gasteiger partial charge in [-0.15, -0.1) is 0 Å². The van der Waals surface area contributed by atoms with Gasteiger partial charge in [-0.3, -0.25) is 4.90 Å². The highest BCUT2D eigenvalue weighted by atomic mass is 16.5. The van der Waals surface area contributed by atoms with E-state index < -0.39 is 0 Å². The van der Waals surface area contributed by atoms with Crippen molar-refractivity contribution < 1.29 is 19.0 Å². The van der Waals surface area contributed by atoms with Crippen molar-refractivity contribution in [2.75, 3.05) is 65.8 Å². The minimum atomic E-state index is -0.0162. The molecule has 0 saturated carbocycles. The van der Waals surface area contributed by atoms with Crippen LogP contribution >= 0.6 is 0 Å². The number of nitrogens with one attached hydrogen (secondary N) is 1. The average molecular weight is 363 g/mol. The zero-order chi connectivity index (χ0) is 18.2. The van der Waals surface area contributed by atoms with Crippen molar-refractivity contribution in [3.63, 3.8) is 0 Å². The van der Waals surface area contributed by atoms with E-state index in [9.17, 15) is 4.79 Å². The van der Waals surface area contributed by atoms with Gasteiger partial charge < -0.3 is 24.4 Å². The molecule has 2 amide bonds. The van der Waals surface area contributed by atoms with Gasteiger partial charge in [0.25, 0.3) is 0 Å². The maximum Gasteiger partial charge on any atom is 0.317 e. The molecular weight excluding hydrogens is 334 g/mol. The third-order valence-corrected chi connectivity index (χ3v) is 4.81. The van der Waals surface area contributed by atoms with E-state index in [2.05, 4.69) is 22.3 Å². The summed E-state index contributed by atoms with van der Waals surface area (Å²) in [7, 11) is 0. The molecule has 1 atom stereocenters. The molecule has 7 nitrogen and oxygen atoms in total. The maximum atomic E-state index is 12.5. The Balaban J connectivity index is 1.65. The predicted molar refractivity (Wildman–Crippen MR) is 98.5 cm³/mol. The Morgan fingerprint density at radius 2 is 1.69 bits per heavy atom. The fourth-order valence-electron chi connectivity index (χ4n) is 3.36. The van der Waals surface area contributed by atoms with E-state index in [0.29, 0.717) is 39.5 Å². The van der Waals surface area contributed by atoms with Crippen LogP contribution in [0.4, 0.5) is 4.79 Å². The first kappa shape index (κ1) is 18.9. The largest absolute Gasteiger partial charge is 0.494 e. The molecular formula is C19H29N3O4. The Kier molecular flexibility index (Phi) is 7.11. The highest BCUT2D eigenvalue weighted by Gasteiger charge is 2.24. The van der Waals surface area contributed by atoms with Crippen molar-refractivity contribution in [3.05, 3.63) is 29.8 Å². The number of benzene rings is 1. The Bertz CT molecular complexity index is 554. The first-order chi connectivity index (χ1) is 12.8. The summed E-state index contributed by atoms with van der Waals surface area (Å²) < 4.78 is 16.3. The number of urea groups is 1. The summed E-state index contributed by atoms with van der Waals surface area (Å²) in [6.45, 7) is 8.91. The van der Waals surface area contributed by atoms with E-state index in [1.54, 1.807) is 0 Å². The lowest BCUT2D eigenvalue weighted by Gasteiger charge is -2.35. The molecule has 7 heteroatoms. The molecule has 26 heavy (non-hydrogen) atoms. The van der Waals surface area contributed by atoms with Crippen LogP contribution in [0, 0.1) is 0 Å². The van der Waals surface area contributed by atoms with E-state index in [-0.39, 0.29) is 12.1 Å². The second-order valence-corrected chi connectivity index (χ2v) is 6.45. The van der Waals surface area contributed by atoms with Crippen LogP contribution < -0.4 is 10.1 Å². The number of ether oxygens (including phenoxy) is 3. The van der Waals surface area contributed by atoms with Gasteiger partial charge in [-0.1, -0.05) is 12.1 Å². The molecule has 2 aliphatic rings. The van der Waals surface area contributed by atoms with Crippen LogP contribution in [0.25, 0.3) is 0 Å². The van der Waals surface area contributed by atoms with Gasteiger partial charge in [0, 0.05) is 32.7 Å². The number of carbonyl (C=O) groups is 1. The van der Waals surface area contributed by atoms with Crippen LogP contribution in [0.3, 0.4) is 0 Å². The van der Waals surface area contributed by atoms with Crippen molar-refractivity contribution in [1.29, 1.82) is 0 Å². The minimum Gasteiger partial charge on any atom is -0.494 e. The molecule has 2 heterocycles. The van der Waals surface area contributed by atoms with Gasteiger partial charge in [-0.25, -0.2) is 4.79 Å². The Morgan fingerprint density at radius 3 is 2.31 bits per heavy atom. The van der Waals surface area contributed by atoms with Gasteiger partial charge in [-0.05, 0) is 24.6 Å². The molecule has 0 aromatic heterocycles. The molecule has 1 aromatic rings. The number of nitrogens with zero attached hydrogens (tertiary/aromatic N) is 2. The van der Waals surface area contributed by atoms with E-state index in [1.165, 1.54) is 5.56 Å². The summed E-state index contributed by atoms with van der Waals surface area (Å²) in [6.07, 6.45) is 0. The van der Waals surface area contributed by atoms with Crippen molar-refractivity contribution in [2.24, 2.45) is 0 Å². The van der Waals surface area contributed by atoms with E-state index in [4.69, 9.17) is 14.2 Å². The van der Waals surface area contributed by atoms with E-state index in [1.807, 2.05) is 24.0 Å². The first-order valence-corrected chi connectivity index (χ1v) is 9.43. The Morgan fingerprint density at radius 1 is 1.08 bits per heavy atom. The average Bonchev–Trinajstić information content (AvgIpc) is 2.71. The van der Waals surface area contributed by atoms with Gasteiger partial charge in [0.05, 0.1) is 39.1 Å². The topological polar surface area (TPSA) is 63.3 Å². The zero-order valence-corrected chi connectivity index (χ0v) is 15.5. The lowest BCUT2D eigenvalue weighted by atomic mass is 10.0. The zero-order valence-electron chi connectivity index (χ0n) is 15.5. The van der Waals surface area contributed by atoms with Crippen LogP contribution in [0.5, 0.6) is 5.75 Å². The van der Waals surface area contributed by atoms with Crippen molar-refractivity contribution in [1.82, 2.24) is 15.1 Å². The molecule has 144 valence electrons. The lowest BCUT2D eigenvalue weighted by molar-refractivity contribution is 0.0158. The summed E-state index contributed by atoms with van der Waals surface area (Å²) >= 11 is 0. The van der Waals surface area contributed by atoms with Gasteiger partial charge in [-0.2, -0.15) is 0 Å². The second kappa shape index (κ2) is 9.75. The summed E-state index contributed by atoms with van der Waals surface area (Å²) in [4.78, 5) is 16.6. The predicted octanol–water partition coefficient (Wildman–Crippen LogP) is 1.50. The fraction of sp³-hybridized carbons (Fsp3) is 0.632. The monoisotopic (exact) mass is 363 g/mol. The molecule has 1 aromatic carbocycles. The van der Waals surface area contributed by atoms with Crippen molar-refractivity contribution >= 4 is 6.03 Å².